The predicted octanol–water partition coefficient (Wildman–Crippen LogP) is -1.40. The van der Waals surface area contributed by atoms with Crippen molar-refractivity contribution < 1.29 is 23.1 Å². The Morgan fingerprint density at radius 3 is 2.62 bits per heavy atom. The van der Waals surface area contributed by atoms with Crippen LogP contribution in [-0.4, -0.2) is 49.1 Å². The zero-order chi connectivity index (χ0) is 12.3. The van der Waals surface area contributed by atoms with Gasteiger partial charge in [-0.1, -0.05) is 0 Å². The first-order chi connectivity index (χ1) is 7.29. The van der Waals surface area contributed by atoms with E-state index in [1.165, 1.54) is 4.90 Å². The largest absolute Gasteiger partial charge is 0.481 e. The average molecular weight is 250 g/mol. The van der Waals surface area contributed by atoms with Crippen molar-refractivity contribution in [3.8, 4) is 0 Å². The maximum Gasteiger partial charge on any atom is 0.308 e. The van der Waals surface area contributed by atoms with Crippen molar-refractivity contribution in [3.05, 3.63) is 0 Å². The van der Waals surface area contributed by atoms with Crippen LogP contribution in [-0.2, 0) is 19.6 Å². The maximum absolute atomic E-state index is 11.3. The molecule has 0 bridgehead atoms. The van der Waals surface area contributed by atoms with Gasteiger partial charge in [0.2, 0.25) is 15.9 Å². The van der Waals surface area contributed by atoms with E-state index in [9.17, 15) is 18.0 Å². The van der Waals surface area contributed by atoms with Gasteiger partial charge >= 0.3 is 5.97 Å². The number of carbonyl (C=O) groups excluding carboxylic acids is 1. The van der Waals surface area contributed by atoms with Crippen molar-refractivity contribution in [3.63, 3.8) is 0 Å². The van der Waals surface area contributed by atoms with Crippen LogP contribution in [0.25, 0.3) is 0 Å². The summed E-state index contributed by atoms with van der Waals surface area (Å²) in [4.78, 5) is 23.3. The number of sulfonamides is 1. The molecule has 1 fully saturated rings. The third-order valence-electron chi connectivity index (χ3n) is 2.42. The van der Waals surface area contributed by atoms with E-state index in [1.54, 1.807) is 0 Å². The summed E-state index contributed by atoms with van der Waals surface area (Å²) in [6, 6.07) is 0. The van der Waals surface area contributed by atoms with Crippen LogP contribution in [0.4, 0.5) is 0 Å². The molecule has 1 aliphatic rings. The lowest BCUT2D eigenvalue weighted by molar-refractivity contribution is -0.141. The molecule has 0 aromatic heterocycles. The van der Waals surface area contributed by atoms with Crippen LogP contribution in [0.2, 0.25) is 0 Å². The number of nitrogens with two attached hydrogens (primary N) is 1. The van der Waals surface area contributed by atoms with Crippen LogP contribution in [0, 0.1) is 5.92 Å². The molecular weight excluding hydrogens is 236 g/mol. The van der Waals surface area contributed by atoms with Gasteiger partial charge in [-0.05, 0) is 6.42 Å². The number of carboxylic acids is 1. The lowest BCUT2D eigenvalue weighted by atomic mass is 10.1. The highest BCUT2D eigenvalue weighted by Crippen LogP contribution is 2.17. The normalized spacial score (nSPS) is 21.4. The number of nitrogens with zero attached hydrogens (tertiary/aromatic N) is 1. The molecule has 1 aliphatic heterocycles. The van der Waals surface area contributed by atoms with Crippen molar-refractivity contribution in [2.24, 2.45) is 11.1 Å². The second-order valence-electron chi connectivity index (χ2n) is 3.80. The summed E-state index contributed by atoms with van der Waals surface area (Å²) in [7, 11) is -3.52. The van der Waals surface area contributed by atoms with Crippen LogP contribution < -0.4 is 5.14 Å². The Balaban J connectivity index is 2.39. The fourth-order valence-electron chi connectivity index (χ4n) is 1.61. The van der Waals surface area contributed by atoms with Gasteiger partial charge in [0, 0.05) is 19.5 Å². The maximum atomic E-state index is 11.3. The molecule has 0 radical (unpaired) electrons. The van der Waals surface area contributed by atoms with Crippen LogP contribution in [0.15, 0.2) is 0 Å². The number of carboxylic acid groups (broad SMARTS) is 1. The van der Waals surface area contributed by atoms with Crippen molar-refractivity contribution in [1.82, 2.24) is 4.90 Å². The summed E-state index contributed by atoms with van der Waals surface area (Å²) in [5.41, 5.74) is 0. The van der Waals surface area contributed by atoms with Gasteiger partial charge in [0.25, 0.3) is 0 Å². The molecule has 3 N–H and O–H groups in total. The van der Waals surface area contributed by atoms with Gasteiger partial charge in [-0.3, -0.25) is 9.59 Å². The Labute approximate surface area is 93.3 Å². The van der Waals surface area contributed by atoms with E-state index < -0.39 is 21.9 Å². The highest BCUT2D eigenvalue weighted by Gasteiger charge is 2.33. The first-order valence-electron chi connectivity index (χ1n) is 4.80. The van der Waals surface area contributed by atoms with Crippen LogP contribution in [0.1, 0.15) is 12.8 Å². The lowest BCUT2D eigenvalue weighted by Crippen LogP contribution is -2.29. The quantitative estimate of drug-likeness (QED) is 0.622. The van der Waals surface area contributed by atoms with Crippen LogP contribution in [0.3, 0.4) is 0 Å². The molecule has 1 heterocycles. The Kier molecular flexibility index (Phi) is 3.87. The fraction of sp³-hybridized carbons (Fsp3) is 0.750. The second kappa shape index (κ2) is 4.79. The molecule has 0 aromatic carbocycles. The van der Waals surface area contributed by atoms with Gasteiger partial charge in [-0.25, -0.2) is 13.6 Å². The SMILES string of the molecule is NS(=O)(=O)CCCN1CC(C(=O)O)CC1=O. The summed E-state index contributed by atoms with van der Waals surface area (Å²) in [5.74, 6) is -2.12. The third kappa shape index (κ3) is 3.78. The molecule has 1 rings (SSSR count). The number of likely N-dealkylation sites (tertiary alicyclic amines) is 1. The smallest absolute Gasteiger partial charge is 0.308 e. The first-order valence-corrected chi connectivity index (χ1v) is 6.52. The van der Waals surface area contributed by atoms with E-state index >= 15 is 0 Å². The van der Waals surface area contributed by atoms with Crippen molar-refractivity contribution in [2.75, 3.05) is 18.8 Å². The summed E-state index contributed by atoms with van der Waals surface area (Å²) in [6.45, 7) is 0.387. The number of amides is 1. The Morgan fingerprint density at radius 1 is 1.56 bits per heavy atom. The fourth-order valence-corrected chi connectivity index (χ4v) is 2.14. The van der Waals surface area contributed by atoms with Crippen molar-refractivity contribution in [1.29, 1.82) is 0 Å². The second-order valence-corrected chi connectivity index (χ2v) is 5.53. The van der Waals surface area contributed by atoms with E-state index in [1.807, 2.05) is 0 Å². The number of aliphatic carboxylic acids is 1. The molecule has 92 valence electrons. The molecular formula is C8H14N2O5S. The van der Waals surface area contributed by atoms with E-state index in [0.29, 0.717) is 0 Å². The molecule has 1 atom stereocenters. The zero-order valence-electron chi connectivity index (χ0n) is 8.63. The molecule has 0 aliphatic carbocycles. The molecule has 0 spiro atoms. The number of hydrogen-bond acceptors (Lipinski definition) is 4. The van der Waals surface area contributed by atoms with Crippen molar-refractivity contribution >= 4 is 21.9 Å². The molecule has 1 saturated heterocycles. The molecule has 16 heavy (non-hydrogen) atoms. The number of primary sulfonamides is 1. The van der Waals surface area contributed by atoms with E-state index in [2.05, 4.69) is 0 Å². The molecule has 7 nitrogen and oxygen atoms in total. The van der Waals surface area contributed by atoms with Gasteiger partial charge in [0.05, 0.1) is 11.7 Å². The van der Waals surface area contributed by atoms with Crippen LogP contribution in [0.5, 0.6) is 0 Å². The highest BCUT2D eigenvalue weighted by molar-refractivity contribution is 7.89. The van der Waals surface area contributed by atoms with Gasteiger partial charge in [0.15, 0.2) is 0 Å². The average Bonchev–Trinajstić information content (AvgIpc) is 2.46. The van der Waals surface area contributed by atoms with Gasteiger partial charge in [0.1, 0.15) is 0 Å². The summed E-state index contributed by atoms with van der Waals surface area (Å²) >= 11 is 0. The molecule has 0 aromatic rings. The van der Waals surface area contributed by atoms with Crippen LogP contribution >= 0.6 is 0 Å². The highest BCUT2D eigenvalue weighted by atomic mass is 32.2. The molecule has 0 saturated carbocycles. The van der Waals surface area contributed by atoms with E-state index in [0.717, 1.165) is 0 Å². The summed E-state index contributed by atoms with van der Waals surface area (Å²) in [6.07, 6.45) is 0.224. The van der Waals surface area contributed by atoms with Gasteiger partial charge in [-0.15, -0.1) is 0 Å². The Hall–Kier alpha value is -1.15. The molecule has 1 amide bonds. The minimum absolute atomic E-state index is 0.00922. The molecule has 1 unspecified atom stereocenters. The minimum atomic E-state index is -3.52. The standard InChI is InChI=1S/C8H14N2O5S/c9-16(14,15)3-1-2-10-5-6(8(12)13)4-7(10)11/h6H,1-5H2,(H,12,13)(H2,9,14,15). The number of rotatable bonds is 5. The molecule has 8 heteroatoms. The number of carbonyl (C=O) groups is 2. The third-order valence-corrected chi connectivity index (χ3v) is 3.28. The monoisotopic (exact) mass is 250 g/mol. The minimum Gasteiger partial charge on any atom is -0.481 e. The van der Waals surface area contributed by atoms with E-state index in [-0.39, 0.29) is 37.6 Å². The topological polar surface area (TPSA) is 118 Å². The van der Waals surface area contributed by atoms with Gasteiger partial charge in [-0.2, -0.15) is 0 Å². The Bertz CT molecular complexity index is 391. The summed E-state index contributed by atoms with van der Waals surface area (Å²) < 4.78 is 21.3. The van der Waals surface area contributed by atoms with Crippen molar-refractivity contribution in [2.45, 2.75) is 12.8 Å². The first kappa shape index (κ1) is 12.9. The predicted molar refractivity (Wildman–Crippen MR) is 54.9 cm³/mol. The summed E-state index contributed by atoms with van der Waals surface area (Å²) in [5, 5.41) is 13.5. The lowest BCUT2D eigenvalue weighted by Gasteiger charge is -2.15. The zero-order valence-corrected chi connectivity index (χ0v) is 9.44. The van der Waals surface area contributed by atoms with E-state index in [4.69, 9.17) is 10.2 Å². The number of hydrogen-bond donors (Lipinski definition) is 2. The Morgan fingerprint density at radius 2 is 2.19 bits per heavy atom. The van der Waals surface area contributed by atoms with Gasteiger partial charge < -0.3 is 10.0 Å².